The summed E-state index contributed by atoms with van der Waals surface area (Å²) in [4.78, 5) is 25.4. The van der Waals surface area contributed by atoms with Gasteiger partial charge in [-0.25, -0.2) is 0 Å². The molecule has 0 radical (unpaired) electrons. The molecule has 2 atom stereocenters. The molecule has 0 bridgehead atoms. The number of ether oxygens (including phenoxy) is 1. The van der Waals surface area contributed by atoms with E-state index >= 15 is 0 Å². The maximum Gasteiger partial charge on any atom is 0.309 e. The van der Waals surface area contributed by atoms with Gasteiger partial charge < -0.3 is 9.64 Å². The lowest BCUT2D eigenvalue weighted by Crippen LogP contribution is -2.31. The molecular weight excluding hydrogens is 332 g/mol. The SMILES string of the molecule is CCOC(=O)[C@H]1C[C@H]1c1ccc(N(CC(C)C)CC(C)C)c([N+](=O)[O-])c1. The third kappa shape index (κ3) is 4.96. The Kier molecular flexibility index (Phi) is 6.62. The van der Waals surface area contributed by atoms with Gasteiger partial charge >= 0.3 is 5.97 Å². The summed E-state index contributed by atoms with van der Waals surface area (Å²) >= 11 is 0. The molecule has 1 aliphatic rings. The molecular formula is C20H30N2O4. The highest BCUT2D eigenvalue weighted by Gasteiger charge is 2.45. The molecule has 1 aromatic rings. The zero-order valence-electron chi connectivity index (χ0n) is 16.4. The van der Waals surface area contributed by atoms with E-state index in [0.29, 0.717) is 30.6 Å². The molecule has 1 aliphatic carbocycles. The standard InChI is InChI=1S/C20H30N2O4/c1-6-26-20(23)17-10-16(17)15-7-8-18(19(9-15)22(24)25)21(11-13(2)3)12-14(4)5/h7-9,13-14,16-17H,6,10-12H2,1-5H3/t16-,17-/m0/s1. The lowest BCUT2D eigenvalue weighted by Gasteiger charge is -2.28. The third-order valence-electron chi connectivity index (χ3n) is 4.52. The van der Waals surface area contributed by atoms with Gasteiger partial charge in [0.2, 0.25) is 0 Å². The van der Waals surface area contributed by atoms with Gasteiger partial charge in [0.05, 0.1) is 17.4 Å². The van der Waals surface area contributed by atoms with Crippen LogP contribution in [0.2, 0.25) is 0 Å². The van der Waals surface area contributed by atoms with Gasteiger partial charge in [-0.3, -0.25) is 14.9 Å². The van der Waals surface area contributed by atoms with Gasteiger partial charge in [-0.15, -0.1) is 0 Å². The molecule has 1 fully saturated rings. The number of hydrogen-bond acceptors (Lipinski definition) is 5. The maximum absolute atomic E-state index is 11.9. The van der Waals surface area contributed by atoms with Gasteiger partial charge in [-0.05, 0) is 42.7 Å². The molecule has 26 heavy (non-hydrogen) atoms. The molecule has 2 rings (SSSR count). The van der Waals surface area contributed by atoms with Crippen molar-refractivity contribution in [2.75, 3.05) is 24.6 Å². The summed E-state index contributed by atoms with van der Waals surface area (Å²) in [5.41, 5.74) is 1.64. The van der Waals surface area contributed by atoms with E-state index < -0.39 is 0 Å². The van der Waals surface area contributed by atoms with Crippen molar-refractivity contribution in [2.24, 2.45) is 17.8 Å². The van der Waals surface area contributed by atoms with Crippen molar-refractivity contribution in [3.05, 3.63) is 33.9 Å². The number of rotatable bonds is 9. The van der Waals surface area contributed by atoms with Gasteiger partial charge in [0, 0.05) is 19.2 Å². The molecule has 0 unspecified atom stereocenters. The quantitative estimate of drug-likeness (QED) is 0.370. The first kappa shape index (κ1) is 20.2. The number of carbonyl (C=O) groups excluding carboxylic acids is 1. The van der Waals surface area contributed by atoms with Crippen LogP contribution in [0, 0.1) is 27.9 Å². The summed E-state index contributed by atoms with van der Waals surface area (Å²) in [5, 5.41) is 11.7. The van der Waals surface area contributed by atoms with Crippen molar-refractivity contribution >= 4 is 17.3 Å². The topological polar surface area (TPSA) is 72.7 Å². The first-order chi connectivity index (χ1) is 12.2. The van der Waals surface area contributed by atoms with E-state index in [2.05, 4.69) is 32.6 Å². The summed E-state index contributed by atoms with van der Waals surface area (Å²) in [7, 11) is 0. The average Bonchev–Trinajstić information content (AvgIpc) is 3.33. The Hall–Kier alpha value is -2.11. The monoisotopic (exact) mass is 362 g/mol. The molecule has 0 spiro atoms. The zero-order chi connectivity index (χ0) is 19.4. The molecule has 0 saturated heterocycles. The van der Waals surface area contributed by atoms with Crippen LogP contribution in [0.25, 0.3) is 0 Å². The van der Waals surface area contributed by atoms with Crippen molar-refractivity contribution in [2.45, 2.75) is 47.0 Å². The minimum atomic E-state index is -0.311. The zero-order valence-corrected chi connectivity index (χ0v) is 16.4. The first-order valence-electron chi connectivity index (χ1n) is 9.44. The van der Waals surface area contributed by atoms with Gasteiger partial charge in [0.15, 0.2) is 0 Å². The predicted molar refractivity (Wildman–Crippen MR) is 102 cm³/mol. The Morgan fingerprint density at radius 2 is 1.88 bits per heavy atom. The minimum Gasteiger partial charge on any atom is -0.466 e. The Morgan fingerprint density at radius 3 is 2.38 bits per heavy atom. The molecule has 0 amide bonds. The van der Waals surface area contributed by atoms with Crippen LogP contribution >= 0.6 is 0 Å². The molecule has 1 aromatic carbocycles. The molecule has 0 aliphatic heterocycles. The fraction of sp³-hybridized carbons (Fsp3) is 0.650. The smallest absolute Gasteiger partial charge is 0.309 e. The first-order valence-corrected chi connectivity index (χ1v) is 9.44. The highest BCUT2D eigenvalue weighted by atomic mass is 16.6. The second kappa shape index (κ2) is 8.52. The number of hydrogen-bond donors (Lipinski definition) is 0. The van der Waals surface area contributed by atoms with E-state index in [-0.39, 0.29) is 28.4 Å². The average molecular weight is 362 g/mol. The van der Waals surface area contributed by atoms with E-state index in [4.69, 9.17) is 4.74 Å². The number of nitro groups is 1. The molecule has 144 valence electrons. The van der Waals surface area contributed by atoms with E-state index in [9.17, 15) is 14.9 Å². The molecule has 6 nitrogen and oxygen atoms in total. The van der Waals surface area contributed by atoms with Crippen LogP contribution in [0.1, 0.15) is 52.5 Å². The largest absolute Gasteiger partial charge is 0.466 e. The normalized spacial score (nSPS) is 18.9. The summed E-state index contributed by atoms with van der Waals surface area (Å²) < 4.78 is 5.06. The third-order valence-corrected chi connectivity index (χ3v) is 4.52. The van der Waals surface area contributed by atoms with Gasteiger partial charge in [-0.1, -0.05) is 33.8 Å². The summed E-state index contributed by atoms with van der Waals surface area (Å²) in [5.74, 6) is 0.480. The Balaban J connectivity index is 2.28. The van der Waals surface area contributed by atoms with Crippen LogP contribution in [0.3, 0.4) is 0 Å². The highest BCUT2D eigenvalue weighted by molar-refractivity contribution is 5.78. The Bertz CT molecular complexity index is 647. The summed E-state index contributed by atoms with van der Waals surface area (Å²) in [6.07, 6.45) is 0.705. The van der Waals surface area contributed by atoms with Crippen LogP contribution in [-0.4, -0.2) is 30.6 Å². The highest BCUT2D eigenvalue weighted by Crippen LogP contribution is 2.49. The number of carbonyl (C=O) groups is 1. The molecule has 0 aromatic heterocycles. The fourth-order valence-corrected chi connectivity index (χ4v) is 3.41. The van der Waals surface area contributed by atoms with Crippen molar-refractivity contribution in [3.63, 3.8) is 0 Å². The number of benzene rings is 1. The van der Waals surface area contributed by atoms with E-state index in [1.807, 2.05) is 12.1 Å². The molecule has 1 saturated carbocycles. The van der Waals surface area contributed by atoms with Crippen molar-refractivity contribution in [3.8, 4) is 0 Å². The van der Waals surface area contributed by atoms with Crippen LogP contribution in [0.5, 0.6) is 0 Å². The molecule has 0 N–H and O–H groups in total. The van der Waals surface area contributed by atoms with E-state index in [1.54, 1.807) is 13.0 Å². The van der Waals surface area contributed by atoms with Crippen molar-refractivity contribution in [1.29, 1.82) is 0 Å². The number of nitro benzene ring substituents is 1. The number of esters is 1. The molecule has 0 heterocycles. The van der Waals surface area contributed by atoms with Crippen LogP contribution in [-0.2, 0) is 9.53 Å². The van der Waals surface area contributed by atoms with Gasteiger partial charge in [0.25, 0.3) is 5.69 Å². The number of anilines is 1. The van der Waals surface area contributed by atoms with Gasteiger partial charge in [0.1, 0.15) is 5.69 Å². The number of nitrogens with zero attached hydrogens (tertiary/aromatic N) is 2. The second-order valence-electron chi connectivity index (χ2n) is 7.90. The van der Waals surface area contributed by atoms with Crippen molar-refractivity contribution < 1.29 is 14.5 Å². The lowest BCUT2D eigenvalue weighted by molar-refractivity contribution is -0.384. The summed E-state index contributed by atoms with van der Waals surface area (Å²) in [6, 6.07) is 5.42. The second-order valence-corrected chi connectivity index (χ2v) is 7.90. The Labute approximate surface area is 155 Å². The summed E-state index contributed by atoms with van der Waals surface area (Å²) in [6.45, 7) is 12.1. The lowest BCUT2D eigenvalue weighted by atomic mass is 10.0. The van der Waals surface area contributed by atoms with E-state index in [0.717, 1.165) is 18.7 Å². The maximum atomic E-state index is 11.9. The van der Waals surface area contributed by atoms with Crippen molar-refractivity contribution in [1.82, 2.24) is 0 Å². The molecule has 6 heteroatoms. The van der Waals surface area contributed by atoms with Crippen LogP contribution in [0.4, 0.5) is 11.4 Å². The van der Waals surface area contributed by atoms with E-state index in [1.165, 1.54) is 0 Å². The fourth-order valence-electron chi connectivity index (χ4n) is 3.41. The van der Waals surface area contributed by atoms with Gasteiger partial charge in [-0.2, -0.15) is 0 Å². The van der Waals surface area contributed by atoms with Crippen LogP contribution in [0.15, 0.2) is 18.2 Å². The van der Waals surface area contributed by atoms with Crippen LogP contribution < -0.4 is 4.90 Å². The predicted octanol–water partition coefficient (Wildman–Crippen LogP) is 4.38. The Morgan fingerprint density at radius 1 is 1.27 bits per heavy atom. The minimum absolute atomic E-state index is 0.0328.